The SMILES string of the molecule is CC(=O)C(Cl)c1ccc([N+](=O)[O-])cc1S. The lowest BCUT2D eigenvalue weighted by molar-refractivity contribution is -0.385. The number of halogens is 1. The van der Waals surface area contributed by atoms with Crippen LogP contribution in [0.3, 0.4) is 0 Å². The van der Waals surface area contributed by atoms with E-state index < -0.39 is 10.3 Å². The molecule has 0 amide bonds. The Hall–Kier alpha value is -1.07. The predicted octanol–water partition coefficient (Wildman–Crippen LogP) is 2.75. The molecule has 0 aliphatic heterocycles. The molecule has 0 saturated heterocycles. The fourth-order valence-corrected chi connectivity index (χ4v) is 1.68. The first kappa shape index (κ1) is 12.0. The first-order valence-corrected chi connectivity index (χ1v) is 4.93. The average molecular weight is 246 g/mol. The maximum absolute atomic E-state index is 11.0. The third-order valence-corrected chi connectivity index (χ3v) is 2.78. The quantitative estimate of drug-likeness (QED) is 0.386. The number of ketones is 1. The van der Waals surface area contributed by atoms with Gasteiger partial charge in [0.25, 0.3) is 5.69 Å². The van der Waals surface area contributed by atoms with E-state index in [-0.39, 0.29) is 11.5 Å². The molecule has 0 spiro atoms. The van der Waals surface area contributed by atoms with Gasteiger partial charge in [0.05, 0.1) is 4.92 Å². The van der Waals surface area contributed by atoms with Crippen LogP contribution in [0.25, 0.3) is 0 Å². The van der Waals surface area contributed by atoms with Crippen LogP contribution in [0.4, 0.5) is 5.69 Å². The molecule has 6 heteroatoms. The van der Waals surface area contributed by atoms with Crippen molar-refractivity contribution in [1.82, 2.24) is 0 Å². The predicted molar refractivity (Wildman–Crippen MR) is 59.6 cm³/mol. The third kappa shape index (κ3) is 2.70. The van der Waals surface area contributed by atoms with E-state index in [1.165, 1.54) is 25.1 Å². The summed E-state index contributed by atoms with van der Waals surface area (Å²) in [4.78, 5) is 21.3. The molecule has 0 aromatic heterocycles. The Morgan fingerprint density at radius 3 is 2.60 bits per heavy atom. The van der Waals surface area contributed by atoms with Gasteiger partial charge in [0.2, 0.25) is 0 Å². The second-order valence-electron chi connectivity index (χ2n) is 2.97. The number of nitro benzene ring substituents is 1. The van der Waals surface area contributed by atoms with E-state index in [2.05, 4.69) is 12.6 Å². The van der Waals surface area contributed by atoms with Crippen molar-refractivity contribution in [3.63, 3.8) is 0 Å². The number of carbonyl (C=O) groups excluding carboxylic acids is 1. The number of thiol groups is 1. The molecular formula is C9H8ClNO3S. The Morgan fingerprint density at radius 2 is 2.20 bits per heavy atom. The Bertz CT molecular complexity index is 422. The first-order chi connectivity index (χ1) is 6.93. The van der Waals surface area contributed by atoms with Crippen LogP contribution in [0.2, 0.25) is 0 Å². The number of nitrogens with zero attached hydrogens (tertiary/aromatic N) is 1. The van der Waals surface area contributed by atoms with Crippen LogP contribution in [0.1, 0.15) is 17.9 Å². The minimum Gasteiger partial charge on any atom is -0.298 e. The summed E-state index contributed by atoms with van der Waals surface area (Å²) in [5, 5.41) is 9.63. The molecule has 1 aromatic rings. The normalized spacial score (nSPS) is 12.2. The summed E-state index contributed by atoms with van der Waals surface area (Å²) in [5.74, 6) is -0.221. The van der Waals surface area contributed by atoms with Crippen molar-refractivity contribution in [2.24, 2.45) is 0 Å². The number of carbonyl (C=O) groups is 1. The van der Waals surface area contributed by atoms with Gasteiger partial charge in [-0.25, -0.2) is 0 Å². The molecular weight excluding hydrogens is 238 g/mol. The Kier molecular flexibility index (Phi) is 3.71. The molecule has 0 aliphatic carbocycles. The summed E-state index contributed by atoms with van der Waals surface area (Å²) in [5.41, 5.74) is 0.411. The number of benzene rings is 1. The Morgan fingerprint density at radius 1 is 1.60 bits per heavy atom. The molecule has 0 saturated carbocycles. The monoisotopic (exact) mass is 245 g/mol. The van der Waals surface area contributed by atoms with Crippen LogP contribution in [0.15, 0.2) is 23.1 Å². The molecule has 0 fully saturated rings. The standard InChI is InChI=1S/C9H8ClNO3S/c1-5(12)9(10)7-3-2-6(11(13)14)4-8(7)15/h2-4,9,15H,1H3. The van der Waals surface area contributed by atoms with Crippen molar-refractivity contribution in [3.8, 4) is 0 Å². The molecule has 15 heavy (non-hydrogen) atoms. The fraction of sp³-hybridized carbons (Fsp3) is 0.222. The van der Waals surface area contributed by atoms with Gasteiger partial charge >= 0.3 is 0 Å². The molecule has 0 heterocycles. The minimum absolute atomic E-state index is 0.0730. The van der Waals surface area contributed by atoms with Gasteiger partial charge in [-0.3, -0.25) is 14.9 Å². The van der Waals surface area contributed by atoms with E-state index >= 15 is 0 Å². The number of non-ortho nitro benzene ring substituents is 1. The maximum Gasteiger partial charge on any atom is 0.270 e. The second kappa shape index (κ2) is 4.63. The first-order valence-electron chi connectivity index (χ1n) is 4.05. The Balaban J connectivity index is 3.13. The molecule has 1 rings (SSSR count). The zero-order valence-corrected chi connectivity index (χ0v) is 9.46. The molecule has 1 unspecified atom stereocenters. The zero-order valence-electron chi connectivity index (χ0n) is 7.81. The highest BCUT2D eigenvalue weighted by molar-refractivity contribution is 7.80. The number of hydrogen-bond donors (Lipinski definition) is 1. The van der Waals surface area contributed by atoms with Gasteiger partial charge in [-0.2, -0.15) is 0 Å². The summed E-state index contributed by atoms with van der Waals surface area (Å²) in [7, 11) is 0. The van der Waals surface area contributed by atoms with E-state index in [1.54, 1.807) is 0 Å². The highest BCUT2D eigenvalue weighted by atomic mass is 35.5. The van der Waals surface area contributed by atoms with Crippen LogP contribution >= 0.6 is 24.2 Å². The van der Waals surface area contributed by atoms with E-state index in [1.807, 2.05) is 0 Å². The topological polar surface area (TPSA) is 60.2 Å². The van der Waals surface area contributed by atoms with Gasteiger partial charge < -0.3 is 0 Å². The summed E-state index contributed by atoms with van der Waals surface area (Å²) >= 11 is 9.87. The summed E-state index contributed by atoms with van der Waals surface area (Å²) < 4.78 is 0. The van der Waals surface area contributed by atoms with E-state index in [4.69, 9.17) is 11.6 Å². The van der Waals surface area contributed by atoms with Gasteiger partial charge in [-0.05, 0) is 18.6 Å². The molecule has 1 aromatic carbocycles. The van der Waals surface area contributed by atoms with Crippen LogP contribution in [0, 0.1) is 10.1 Å². The number of hydrogen-bond acceptors (Lipinski definition) is 4. The lowest BCUT2D eigenvalue weighted by Gasteiger charge is -2.08. The maximum atomic E-state index is 11.0. The van der Waals surface area contributed by atoms with Crippen molar-refractivity contribution in [2.45, 2.75) is 17.2 Å². The van der Waals surface area contributed by atoms with E-state index in [0.717, 1.165) is 0 Å². The minimum atomic E-state index is -0.807. The highest BCUT2D eigenvalue weighted by Gasteiger charge is 2.18. The van der Waals surface area contributed by atoms with E-state index in [0.29, 0.717) is 10.5 Å². The van der Waals surface area contributed by atoms with Gasteiger partial charge in [0, 0.05) is 17.0 Å². The van der Waals surface area contributed by atoms with Crippen molar-refractivity contribution in [1.29, 1.82) is 0 Å². The van der Waals surface area contributed by atoms with Gasteiger partial charge in [0.15, 0.2) is 5.78 Å². The lowest BCUT2D eigenvalue weighted by Crippen LogP contribution is -2.03. The second-order valence-corrected chi connectivity index (χ2v) is 3.89. The smallest absolute Gasteiger partial charge is 0.270 e. The summed E-state index contributed by atoms with van der Waals surface area (Å²) in [6.45, 7) is 1.35. The van der Waals surface area contributed by atoms with Crippen LogP contribution < -0.4 is 0 Å². The van der Waals surface area contributed by atoms with Gasteiger partial charge in [-0.15, -0.1) is 24.2 Å². The molecule has 0 aliphatic rings. The lowest BCUT2D eigenvalue weighted by atomic mass is 10.1. The summed E-state index contributed by atoms with van der Waals surface area (Å²) in [6.07, 6.45) is 0. The zero-order chi connectivity index (χ0) is 11.6. The molecule has 0 N–H and O–H groups in total. The van der Waals surface area contributed by atoms with Crippen molar-refractivity contribution < 1.29 is 9.72 Å². The molecule has 4 nitrogen and oxygen atoms in total. The fourth-order valence-electron chi connectivity index (χ4n) is 1.08. The average Bonchev–Trinajstić information content (AvgIpc) is 2.16. The van der Waals surface area contributed by atoms with Gasteiger partial charge in [-0.1, -0.05) is 0 Å². The largest absolute Gasteiger partial charge is 0.298 e. The van der Waals surface area contributed by atoms with Crippen LogP contribution in [-0.2, 0) is 4.79 Å². The highest BCUT2D eigenvalue weighted by Crippen LogP contribution is 2.30. The Labute approximate surface area is 96.8 Å². The third-order valence-electron chi connectivity index (χ3n) is 1.85. The van der Waals surface area contributed by atoms with Gasteiger partial charge in [0.1, 0.15) is 5.38 Å². The molecule has 1 atom stereocenters. The van der Waals surface area contributed by atoms with Crippen molar-refractivity contribution in [3.05, 3.63) is 33.9 Å². The van der Waals surface area contributed by atoms with Crippen molar-refractivity contribution >= 4 is 35.7 Å². The van der Waals surface area contributed by atoms with Crippen LogP contribution in [0.5, 0.6) is 0 Å². The number of nitro groups is 1. The number of Topliss-reactive ketones (excluding diaryl/α,β-unsaturated/α-hetero) is 1. The molecule has 80 valence electrons. The summed E-state index contributed by atoms with van der Waals surface area (Å²) in [6, 6.07) is 4.02. The molecule has 0 radical (unpaired) electrons. The number of alkyl halides is 1. The van der Waals surface area contributed by atoms with Crippen molar-refractivity contribution in [2.75, 3.05) is 0 Å². The number of rotatable bonds is 3. The van der Waals surface area contributed by atoms with Crippen LogP contribution in [-0.4, -0.2) is 10.7 Å². The molecule has 0 bridgehead atoms. The van der Waals surface area contributed by atoms with E-state index in [9.17, 15) is 14.9 Å².